The molecule has 2 heterocycles. The van der Waals surface area contributed by atoms with E-state index in [2.05, 4.69) is 37.0 Å². The second-order valence-electron chi connectivity index (χ2n) is 8.23. The number of fused-ring (bicyclic) bond motifs is 1. The molecule has 8 heteroatoms. The molecule has 3 aromatic rings. The predicted molar refractivity (Wildman–Crippen MR) is 124 cm³/mol. The monoisotopic (exact) mass is 457 g/mol. The van der Waals surface area contributed by atoms with E-state index in [0.717, 1.165) is 29.5 Å². The molecule has 1 saturated heterocycles. The average molecular weight is 458 g/mol. The molecule has 1 amide bonds. The van der Waals surface area contributed by atoms with Crippen molar-refractivity contribution in [2.75, 3.05) is 13.1 Å². The van der Waals surface area contributed by atoms with Crippen LogP contribution in [0.2, 0.25) is 0 Å². The van der Waals surface area contributed by atoms with Gasteiger partial charge in [-0.3, -0.25) is 4.79 Å². The van der Waals surface area contributed by atoms with Crippen molar-refractivity contribution >= 4 is 37.5 Å². The fourth-order valence-corrected chi connectivity index (χ4v) is 6.37. The van der Waals surface area contributed by atoms with E-state index in [1.165, 1.54) is 33.3 Å². The Hall–Kier alpha value is -2.29. The van der Waals surface area contributed by atoms with Crippen LogP contribution in [0.1, 0.15) is 54.9 Å². The van der Waals surface area contributed by atoms with Gasteiger partial charge in [0.15, 0.2) is 4.80 Å². The Morgan fingerprint density at radius 1 is 1.03 bits per heavy atom. The quantitative estimate of drug-likeness (QED) is 0.587. The molecule has 4 rings (SSSR count). The van der Waals surface area contributed by atoms with E-state index < -0.39 is 10.0 Å². The van der Waals surface area contributed by atoms with Crippen molar-refractivity contribution in [1.29, 1.82) is 0 Å². The zero-order chi connectivity index (χ0) is 22.2. The summed E-state index contributed by atoms with van der Waals surface area (Å²) in [4.78, 5) is 17.9. The van der Waals surface area contributed by atoms with Gasteiger partial charge in [-0.2, -0.15) is 9.30 Å². The number of carbonyl (C=O) groups is 1. The Morgan fingerprint density at radius 3 is 2.35 bits per heavy atom. The molecule has 0 radical (unpaired) electrons. The van der Waals surface area contributed by atoms with Gasteiger partial charge in [-0.15, -0.1) is 0 Å². The van der Waals surface area contributed by atoms with Gasteiger partial charge in [0.2, 0.25) is 10.0 Å². The Balaban J connectivity index is 1.61. The Bertz CT molecular complexity index is 1280. The summed E-state index contributed by atoms with van der Waals surface area (Å²) >= 11 is 1.48. The molecule has 1 fully saturated rings. The third kappa shape index (κ3) is 4.37. The van der Waals surface area contributed by atoms with Crippen LogP contribution in [0, 0.1) is 0 Å². The first-order valence-electron chi connectivity index (χ1n) is 10.6. The van der Waals surface area contributed by atoms with Crippen molar-refractivity contribution < 1.29 is 13.2 Å². The van der Waals surface area contributed by atoms with Crippen molar-refractivity contribution in [3.63, 3.8) is 0 Å². The normalized spacial score (nSPS) is 16.3. The van der Waals surface area contributed by atoms with Crippen molar-refractivity contribution in [1.82, 2.24) is 8.87 Å². The largest absolute Gasteiger partial charge is 0.319 e. The number of benzene rings is 2. The van der Waals surface area contributed by atoms with Gasteiger partial charge >= 0.3 is 0 Å². The molecule has 0 bridgehead atoms. The zero-order valence-electron chi connectivity index (χ0n) is 18.0. The number of aryl methyl sites for hydroxylation is 1. The highest BCUT2D eigenvalue weighted by Crippen LogP contribution is 2.24. The lowest BCUT2D eigenvalue weighted by molar-refractivity contribution is 0.0998. The first kappa shape index (κ1) is 21.9. The van der Waals surface area contributed by atoms with Gasteiger partial charge in [0.25, 0.3) is 5.91 Å². The summed E-state index contributed by atoms with van der Waals surface area (Å²) < 4.78 is 30.1. The molecule has 31 heavy (non-hydrogen) atoms. The summed E-state index contributed by atoms with van der Waals surface area (Å²) in [5, 5.41) is 0. The predicted octanol–water partition coefficient (Wildman–Crippen LogP) is 4.28. The van der Waals surface area contributed by atoms with Crippen LogP contribution in [-0.2, 0) is 17.1 Å². The standard InChI is InChI=1S/C23H27N3O3S2/c1-16(2)18-9-12-20-21(15-18)30-23(25(20)3)24-22(27)17-7-10-19(11-8-17)31(28,29)26-13-5-4-6-14-26/h7-12,15-16H,4-6,13-14H2,1-3H3. The van der Waals surface area contributed by atoms with Crippen LogP contribution < -0.4 is 4.80 Å². The minimum atomic E-state index is -3.51. The molecule has 2 aromatic carbocycles. The number of rotatable bonds is 4. The van der Waals surface area contributed by atoms with E-state index in [-0.39, 0.29) is 10.8 Å². The number of carbonyl (C=O) groups excluding carboxylic acids is 1. The maximum Gasteiger partial charge on any atom is 0.279 e. The molecule has 1 aromatic heterocycles. The molecular weight excluding hydrogens is 430 g/mol. The van der Waals surface area contributed by atoms with Crippen LogP contribution in [0.3, 0.4) is 0 Å². The second kappa shape index (κ2) is 8.68. The zero-order valence-corrected chi connectivity index (χ0v) is 19.7. The van der Waals surface area contributed by atoms with Crippen LogP contribution in [0.4, 0.5) is 0 Å². The summed E-state index contributed by atoms with van der Waals surface area (Å²) in [7, 11) is -1.61. The first-order valence-corrected chi connectivity index (χ1v) is 12.8. The molecule has 0 atom stereocenters. The molecule has 164 valence electrons. The first-order chi connectivity index (χ1) is 14.8. The van der Waals surface area contributed by atoms with Crippen molar-refractivity contribution in [2.24, 2.45) is 12.0 Å². The lowest BCUT2D eigenvalue weighted by Gasteiger charge is -2.25. The lowest BCUT2D eigenvalue weighted by Crippen LogP contribution is -2.35. The van der Waals surface area contributed by atoms with Crippen LogP contribution in [0.25, 0.3) is 10.2 Å². The molecule has 0 unspecified atom stereocenters. The third-order valence-corrected chi connectivity index (χ3v) is 8.76. The molecule has 0 aliphatic carbocycles. The average Bonchev–Trinajstić information content (AvgIpc) is 3.09. The Morgan fingerprint density at radius 2 is 1.71 bits per heavy atom. The maximum absolute atomic E-state index is 12.8. The highest BCUT2D eigenvalue weighted by Gasteiger charge is 2.25. The van der Waals surface area contributed by atoms with E-state index in [1.807, 2.05) is 11.6 Å². The summed E-state index contributed by atoms with van der Waals surface area (Å²) in [6.07, 6.45) is 2.84. The molecule has 0 saturated carbocycles. The van der Waals surface area contributed by atoms with E-state index in [1.54, 1.807) is 12.1 Å². The number of hydrogen-bond donors (Lipinski definition) is 0. The Labute approximate surface area is 186 Å². The molecule has 1 aliphatic heterocycles. The number of aromatic nitrogens is 1. The highest BCUT2D eigenvalue weighted by atomic mass is 32.2. The number of hydrogen-bond acceptors (Lipinski definition) is 4. The fourth-order valence-electron chi connectivity index (χ4n) is 3.79. The van der Waals surface area contributed by atoms with Gasteiger partial charge in [0.1, 0.15) is 0 Å². The number of nitrogens with zero attached hydrogens (tertiary/aromatic N) is 3. The van der Waals surface area contributed by atoms with Crippen LogP contribution in [0.15, 0.2) is 52.4 Å². The van der Waals surface area contributed by atoms with Crippen LogP contribution in [0.5, 0.6) is 0 Å². The van der Waals surface area contributed by atoms with E-state index >= 15 is 0 Å². The summed E-state index contributed by atoms with van der Waals surface area (Å²) in [6.45, 7) is 5.41. The minimum Gasteiger partial charge on any atom is -0.319 e. The number of sulfonamides is 1. The minimum absolute atomic E-state index is 0.222. The maximum atomic E-state index is 12.8. The van der Waals surface area contributed by atoms with Crippen molar-refractivity contribution in [3.8, 4) is 0 Å². The summed E-state index contributed by atoms with van der Waals surface area (Å²) in [5.41, 5.74) is 2.65. The van der Waals surface area contributed by atoms with Crippen LogP contribution in [-0.4, -0.2) is 36.3 Å². The van der Waals surface area contributed by atoms with Gasteiger partial charge < -0.3 is 4.57 Å². The molecule has 0 spiro atoms. The van der Waals surface area contributed by atoms with Gasteiger partial charge in [-0.25, -0.2) is 8.42 Å². The summed E-state index contributed by atoms with van der Waals surface area (Å²) in [6, 6.07) is 12.4. The second-order valence-corrected chi connectivity index (χ2v) is 11.2. The van der Waals surface area contributed by atoms with E-state index in [0.29, 0.717) is 29.4 Å². The number of piperidine rings is 1. The van der Waals surface area contributed by atoms with Gasteiger partial charge in [-0.05, 0) is 60.7 Å². The molecular formula is C23H27N3O3S2. The number of thiazole rings is 1. The topological polar surface area (TPSA) is 71.7 Å². The fraction of sp³-hybridized carbons (Fsp3) is 0.391. The molecule has 6 nitrogen and oxygen atoms in total. The van der Waals surface area contributed by atoms with Crippen molar-refractivity contribution in [3.05, 3.63) is 58.4 Å². The molecule has 0 N–H and O–H groups in total. The van der Waals surface area contributed by atoms with E-state index in [4.69, 9.17) is 0 Å². The smallest absolute Gasteiger partial charge is 0.279 e. The van der Waals surface area contributed by atoms with Gasteiger partial charge in [-0.1, -0.05) is 37.7 Å². The SMILES string of the molecule is CC(C)c1ccc2c(c1)sc(=NC(=O)c1ccc(S(=O)(=O)N3CCCCC3)cc1)n2C. The Kier molecular flexibility index (Phi) is 6.14. The molecule has 1 aliphatic rings. The highest BCUT2D eigenvalue weighted by molar-refractivity contribution is 7.89. The van der Waals surface area contributed by atoms with Gasteiger partial charge in [0.05, 0.1) is 15.1 Å². The summed E-state index contributed by atoms with van der Waals surface area (Å²) in [5.74, 6) is 0.0479. The van der Waals surface area contributed by atoms with E-state index in [9.17, 15) is 13.2 Å². The van der Waals surface area contributed by atoms with Gasteiger partial charge in [0, 0.05) is 25.7 Å². The lowest BCUT2D eigenvalue weighted by atomic mass is 10.0. The third-order valence-electron chi connectivity index (χ3n) is 5.75. The van der Waals surface area contributed by atoms with Crippen LogP contribution >= 0.6 is 11.3 Å². The van der Waals surface area contributed by atoms with Crippen molar-refractivity contribution in [2.45, 2.75) is 43.9 Å². The number of amides is 1.